The van der Waals surface area contributed by atoms with Gasteiger partial charge in [0.25, 0.3) is 0 Å². The molecule has 40 heavy (non-hydrogen) atoms. The summed E-state index contributed by atoms with van der Waals surface area (Å²) < 4.78 is 0. The molecule has 0 spiro atoms. The molecule has 0 bridgehead atoms. The number of phenols is 10. The Morgan fingerprint density at radius 3 is 1.27 bits per heavy atom. The van der Waals surface area contributed by atoms with E-state index in [9.17, 15) is 51.1 Å². The van der Waals surface area contributed by atoms with Gasteiger partial charge in [-0.3, -0.25) is 0 Å². The van der Waals surface area contributed by atoms with Gasteiger partial charge in [0.1, 0.15) is 23.0 Å². The quantitative estimate of drug-likeness (QED) is 0.132. The Morgan fingerprint density at radius 2 is 0.825 bits per heavy atom. The van der Waals surface area contributed by atoms with Crippen LogP contribution in [0.5, 0.6) is 57.5 Å². The summed E-state index contributed by atoms with van der Waals surface area (Å²) in [6, 6.07) is 13.5. The summed E-state index contributed by atoms with van der Waals surface area (Å²) in [4.78, 5) is 0. The summed E-state index contributed by atoms with van der Waals surface area (Å²) in [6.07, 6.45) is 1.09. The van der Waals surface area contributed by atoms with E-state index in [1.807, 2.05) is 0 Å². The summed E-state index contributed by atoms with van der Waals surface area (Å²) >= 11 is 0. The minimum Gasteiger partial charge on any atom is -0.508 e. The Bertz CT molecular complexity index is 1440. The highest BCUT2D eigenvalue weighted by Gasteiger charge is 2.27. The minimum atomic E-state index is -0.693. The third-order valence-electron chi connectivity index (χ3n) is 6.90. The highest BCUT2D eigenvalue weighted by atomic mass is 16.3. The van der Waals surface area contributed by atoms with Gasteiger partial charge in [-0.15, -0.1) is 0 Å². The van der Waals surface area contributed by atoms with E-state index in [-0.39, 0.29) is 48.2 Å². The second-order valence-electron chi connectivity index (χ2n) is 9.92. The first-order valence-electron chi connectivity index (χ1n) is 12.4. The molecular weight excluding hydrogens is 520 g/mol. The maximum atomic E-state index is 10.3. The lowest BCUT2D eigenvalue weighted by atomic mass is 9.75. The van der Waals surface area contributed by atoms with Crippen LogP contribution in [0.3, 0.4) is 0 Å². The molecule has 2 atom stereocenters. The normalized spacial score (nSPS) is 12.7. The van der Waals surface area contributed by atoms with E-state index in [1.165, 1.54) is 60.7 Å². The highest BCUT2D eigenvalue weighted by molar-refractivity contribution is 5.53. The Hall–Kier alpha value is -5.12. The van der Waals surface area contributed by atoms with Gasteiger partial charge < -0.3 is 51.1 Å². The van der Waals surface area contributed by atoms with Crippen molar-refractivity contribution in [2.45, 2.75) is 31.6 Å². The van der Waals surface area contributed by atoms with E-state index < -0.39 is 40.4 Å². The molecule has 0 saturated carbocycles. The Balaban J connectivity index is 1.80. The monoisotopic (exact) mass is 550 g/mol. The molecule has 4 aromatic carbocycles. The molecule has 10 N–H and O–H groups in total. The fourth-order valence-corrected chi connectivity index (χ4v) is 5.10. The topological polar surface area (TPSA) is 202 Å². The molecule has 0 aromatic heterocycles. The lowest BCUT2D eigenvalue weighted by Gasteiger charge is -2.29. The third kappa shape index (κ3) is 6.47. The van der Waals surface area contributed by atoms with E-state index in [0.29, 0.717) is 28.7 Å². The van der Waals surface area contributed by atoms with Gasteiger partial charge in [-0.1, -0.05) is 0 Å². The van der Waals surface area contributed by atoms with Crippen LogP contribution in [0.2, 0.25) is 0 Å². The first kappa shape index (κ1) is 27.9. The number of rotatable bonds is 9. The molecule has 10 nitrogen and oxygen atoms in total. The molecule has 0 radical (unpaired) electrons. The molecule has 0 amide bonds. The van der Waals surface area contributed by atoms with Crippen molar-refractivity contribution in [3.05, 3.63) is 82.9 Å². The third-order valence-corrected chi connectivity index (χ3v) is 6.90. The van der Waals surface area contributed by atoms with Crippen molar-refractivity contribution in [1.29, 1.82) is 0 Å². The molecule has 0 aliphatic heterocycles. The molecule has 0 aliphatic carbocycles. The number of hydrogen-bond donors (Lipinski definition) is 10. The summed E-state index contributed by atoms with van der Waals surface area (Å²) in [6.45, 7) is 0. The van der Waals surface area contributed by atoms with Crippen LogP contribution < -0.4 is 0 Å². The molecule has 0 aliphatic rings. The van der Waals surface area contributed by atoms with E-state index in [4.69, 9.17) is 0 Å². The molecule has 10 heteroatoms. The molecule has 0 unspecified atom stereocenters. The van der Waals surface area contributed by atoms with Gasteiger partial charge in [0.2, 0.25) is 0 Å². The number of hydrogen-bond acceptors (Lipinski definition) is 10. The fraction of sp³-hybridized carbons (Fsp3) is 0.200. The van der Waals surface area contributed by atoms with Crippen molar-refractivity contribution >= 4 is 0 Å². The van der Waals surface area contributed by atoms with Crippen molar-refractivity contribution in [3.8, 4) is 57.5 Å². The number of aryl methyl sites for hydroxylation is 1. The molecule has 0 fully saturated rings. The number of benzene rings is 4. The van der Waals surface area contributed by atoms with E-state index in [2.05, 4.69) is 0 Å². The van der Waals surface area contributed by atoms with Gasteiger partial charge in [0, 0.05) is 12.1 Å². The van der Waals surface area contributed by atoms with Crippen molar-refractivity contribution < 1.29 is 51.1 Å². The van der Waals surface area contributed by atoms with Gasteiger partial charge in [-0.05, 0) is 108 Å². The van der Waals surface area contributed by atoms with Crippen LogP contribution in [-0.2, 0) is 19.3 Å². The minimum absolute atomic E-state index is 0.156. The lowest BCUT2D eigenvalue weighted by molar-refractivity contribution is 0.356. The second kappa shape index (κ2) is 11.3. The van der Waals surface area contributed by atoms with Crippen LogP contribution in [0, 0.1) is 5.92 Å². The van der Waals surface area contributed by atoms with Crippen LogP contribution in [0.1, 0.15) is 34.6 Å². The summed E-state index contributed by atoms with van der Waals surface area (Å²) in [5, 5.41) is 100. The zero-order chi connectivity index (χ0) is 29.1. The first-order valence-corrected chi connectivity index (χ1v) is 12.4. The maximum Gasteiger partial charge on any atom is 0.200 e. The zero-order valence-electron chi connectivity index (χ0n) is 21.2. The first-order chi connectivity index (χ1) is 18.9. The zero-order valence-corrected chi connectivity index (χ0v) is 21.2. The fourth-order valence-electron chi connectivity index (χ4n) is 5.10. The van der Waals surface area contributed by atoms with Crippen LogP contribution in [0.25, 0.3) is 0 Å². The summed E-state index contributed by atoms with van der Waals surface area (Å²) in [7, 11) is 0. The van der Waals surface area contributed by atoms with E-state index in [1.54, 1.807) is 0 Å². The van der Waals surface area contributed by atoms with Crippen LogP contribution in [0.15, 0.2) is 60.7 Å². The second-order valence-corrected chi connectivity index (χ2v) is 9.92. The molecule has 0 heterocycles. The molecule has 210 valence electrons. The maximum absolute atomic E-state index is 10.3. The van der Waals surface area contributed by atoms with Crippen LogP contribution in [0.4, 0.5) is 0 Å². The van der Waals surface area contributed by atoms with E-state index >= 15 is 0 Å². The van der Waals surface area contributed by atoms with Gasteiger partial charge >= 0.3 is 0 Å². The number of aromatic hydroxyl groups is 10. The average molecular weight is 551 g/mol. The standard InChI is InChI=1S/C30H30O10/c31-20-4-16(5-21(32)13-20)3-18(2-1-15-9-25(35)29(39)26(36)10-15)24(8-17-6-22(33)14-23(34)7-17)19-11-27(37)30(40)28(38)12-19/h4-7,9-14,18,24,31-40H,1-3,8H2/t18-,24-/m1/s1. The van der Waals surface area contributed by atoms with Crippen LogP contribution >= 0.6 is 0 Å². The van der Waals surface area contributed by atoms with Crippen molar-refractivity contribution in [2.24, 2.45) is 5.92 Å². The largest absolute Gasteiger partial charge is 0.508 e. The number of phenolic OH excluding ortho intramolecular Hbond substituents is 10. The van der Waals surface area contributed by atoms with Crippen molar-refractivity contribution in [3.63, 3.8) is 0 Å². The molecule has 4 aromatic rings. The predicted molar refractivity (Wildman–Crippen MR) is 144 cm³/mol. The molecule has 4 rings (SSSR count). The van der Waals surface area contributed by atoms with Gasteiger partial charge in [-0.25, -0.2) is 0 Å². The predicted octanol–water partition coefficient (Wildman–Crippen LogP) is 4.56. The van der Waals surface area contributed by atoms with Gasteiger partial charge in [0.15, 0.2) is 34.5 Å². The summed E-state index contributed by atoms with van der Waals surface area (Å²) in [5.74, 6) is -5.02. The average Bonchev–Trinajstić information content (AvgIpc) is 2.85. The van der Waals surface area contributed by atoms with Crippen LogP contribution in [-0.4, -0.2) is 51.1 Å². The van der Waals surface area contributed by atoms with Gasteiger partial charge in [-0.2, -0.15) is 0 Å². The SMILES string of the molecule is Oc1cc(O)cc(C[C@@H](CCc2cc(O)c(O)c(O)c2)[C@@H](Cc2cc(O)cc(O)c2)c2cc(O)c(O)c(O)c2)c1. The van der Waals surface area contributed by atoms with E-state index in [0.717, 1.165) is 0 Å². The Kier molecular flexibility index (Phi) is 7.90. The Labute approximate surface area is 229 Å². The molecule has 0 saturated heterocycles. The lowest BCUT2D eigenvalue weighted by Crippen LogP contribution is -2.19. The highest BCUT2D eigenvalue weighted by Crippen LogP contribution is 2.43. The van der Waals surface area contributed by atoms with Gasteiger partial charge in [0.05, 0.1) is 0 Å². The Morgan fingerprint density at radius 1 is 0.425 bits per heavy atom. The van der Waals surface area contributed by atoms with Crippen molar-refractivity contribution in [2.75, 3.05) is 0 Å². The smallest absolute Gasteiger partial charge is 0.200 e. The molecular formula is C30H30O10. The summed E-state index contributed by atoms with van der Waals surface area (Å²) in [5.41, 5.74) is 2.01. The van der Waals surface area contributed by atoms with Crippen molar-refractivity contribution in [1.82, 2.24) is 0 Å².